The van der Waals surface area contributed by atoms with Crippen molar-refractivity contribution in [3.63, 3.8) is 0 Å². The zero-order valence-corrected chi connectivity index (χ0v) is 12.3. The minimum absolute atomic E-state index is 0.0823. The fraction of sp³-hybridized carbons (Fsp3) is 0.250. The molecule has 0 bridgehead atoms. The minimum Gasteiger partial charge on any atom is -0.398 e. The normalized spacial score (nSPS) is 10.4. The minimum atomic E-state index is -0.0823. The number of aromatic nitrogens is 2. The van der Waals surface area contributed by atoms with Crippen LogP contribution in [0.15, 0.2) is 22.5 Å². The average Bonchev–Trinajstić information content (AvgIpc) is 2.77. The van der Waals surface area contributed by atoms with E-state index in [-0.39, 0.29) is 5.91 Å². The van der Waals surface area contributed by atoms with E-state index in [9.17, 15) is 4.79 Å². The molecule has 7 heteroatoms. The van der Waals surface area contributed by atoms with Gasteiger partial charge in [-0.1, -0.05) is 17.8 Å². The number of hydrogen-bond acceptors (Lipinski definition) is 6. The van der Waals surface area contributed by atoms with Crippen molar-refractivity contribution in [2.24, 2.45) is 0 Å². The van der Waals surface area contributed by atoms with Crippen LogP contribution in [0.25, 0.3) is 0 Å². The number of anilines is 2. The highest BCUT2D eigenvalue weighted by Crippen LogP contribution is 2.21. The van der Waals surface area contributed by atoms with Crippen LogP contribution in [0.2, 0.25) is 0 Å². The maximum atomic E-state index is 11.8. The van der Waals surface area contributed by atoms with E-state index in [4.69, 9.17) is 5.73 Å². The second-order valence-corrected chi connectivity index (χ2v) is 5.99. The number of benzene rings is 1. The molecule has 0 aliphatic rings. The molecule has 1 aromatic carbocycles. The quantitative estimate of drug-likeness (QED) is 0.669. The van der Waals surface area contributed by atoms with Gasteiger partial charge < -0.3 is 11.1 Å². The molecule has 0 radical (unpaired) electrons. The van der Waals surface area contributed by atoms with Crippen molar-refractivity contribution >= 4 is 40.6 Å². The molecule has 0 atom stereocenters. The summed E-state index contributed by atoms with van der Waals surface area (Å²) < 4.78 is 4.86. The molecule has 2 aromatic rings. The standard InChI is InChI=1S/C12H14N4OS2/c1-7-3-4-9(5-10(7)13)15-11(17)6-18-12-14-8(2)16-19-12/h3-5H,6,13H2,1-2H3,(H,15,17). The number of thioether (sulfide) groups is 1. The van der Waals surface area contributed by atoms with Crippen molar-refractivity contribution in [2.75, 3.05) is 16.8 Å². The first kappa shape index (κ1) is 13.8. The zero-order chi connectivity index (χ0) is 13.8. The molecule has 5 nitrogen and oxygen atoms in total. The predicted octanol–water partition coefficient (Wildman–Crippen LogP) is 2.47. The van der Waals surface area contributed by atoms with Crippen LogP contribution in [0.4, 0.5) is 11.4 Å². The number of nitrogens with zero attached hydrogens (tertiary/aromatic N) is 2. The molecule has 0 aliphatic heterocycles. The number of nitrogens with one attached hydrogen (secondary N) is 1. The predicted molar refractivity (Wildman–Crippen MR) is 79.6 cm³/mol. The van der Waals surface area contributed by atoms with Crippen LogP contribution < -0.4 is 11.1 Å². The number of carbonyl (C=O) groups excluding carboxylic acids is 1. The Kier molecular flexibility index (Phi) is 4.39. The van der Waals surface area contributed by atoms with E-state index in [1.807, 2.05) is 26.0 Å². The number of aryl methyl sites for hydroxylation is 2. The number of amides is 1. The van der Waals surface area contributed by atoms with Crippen molar-refractivity contribution in [2.45, 2.75) is 18.2 Å². The molecule has 3 N–H and O–H groups in total. The van der Waals surface area contributed by atoms with Crippen molar-refractivity contribution in [1.82, 2.24) is 9.36 Å². The number of nitrogen functional groups attached to an aromatic ring is 1. The SMILES string of the molecule is Cc1nsc(SCC(=O)Nc2ccc(C)c(N)c2)n1. The van der Waals surface area contributed by atoms with Gasteiger partial charge in [0.25, 0.3) is 0 Å². The fourth-order valence-electron chi connectivity index (χ4n) is 1.38. The van der Waals surface area contributed by atoms with Gasteiger partial charge >= 0.3 is 0 Å². The first-order chi connectivity index (χ1) is 9.04. The molecule has 1 amide bonds. The Labute approximate surface area is 119 Å². The lowest BCUT2D eigenvalue weighted by molar-refractivity contribution is -0.113. The van der Waals surface area contributed by atoms with Crippen molar-refractivity contribution in [1.29, 1.82) is 0 Å². The third-order valence-corrected chi connectivity index (χ3v) is 4.32. The summed E-state index contributed by atoms with van der Waals surface area (Å²) in [6.07, 6.45) is 0. The Bertz CT molecular complexity index is 597. The Morgan fingerprint density at radius 2 is 2.26 bits per heavy atom. The van der Waals surface area contributed by atoms with Crippen LogP contribution in [0.1, 0.15) is 11.4 Å². The average molecular weight is 294 g/mol. The van der Waals surface area contributed by atoms with Crippen molar-refractivity contribution < 1.29 is 4.79 Å². The van der Waals surface area contributed by atoms with E-state index in [1.165, 1.54) is 23.3 Å². The highest BCUT2D eigenvalue weighted by atomic mass is 32.2. The molecular formula is C12H14N4OS2. The molecule has 0 aliphatic carbocycles. The molecule has 0 saturated carbocycles. The first-order valence-corrected chi connectivity index (χ1v) is 7.39. The van der Waals surface area contributed by atoms with E-state index in [2.05, 4.69) is 14.7 Å². The number of hydrogen-bond donors (Lipinski definition) is 2. The molecule has 19 heavy (non-hydrogen) atoms. The van der Waals surface area contributed by atoms with Crippen LogP contribution in [0.5, 0.6) is 0 Å². The topological polar surface area (TPSA) is 80.9 Å². The van der Waals surface area contributed by atoms with Gasteiger partial charge in [0, 0.05) is 11.4 Å². The number of nitrogens with two attached hydrogens (primary N) is 1. The lowest BCUT2D eigenvalue weighted by atomic mass is 10.2. The van der Waals surface area contributed by atoms with Gasteiger partial charge in [-0.25, -0.2) is 4.98 Å². The summed E-state index contributed by atoms with van der Waals surface area (Å²) in [6, 6.07) is 5.47. The van der Waals surface area contributed by atoms with Gasteiger partial charge in [-0.05, 0) is 43.1 Å². The number of carbonyl (C=O) groups is 1. The zero-order valence-electron chi connectivity index (χ0n) is 10.6. The Morgan fingerprint density at radius 1 is 1.47 bits per heavy atom. The lowest BCUT2D eigenvalue weighted by Gasteiger charge is -2.06. The fourth-order valence-corrected chi connectivity index (χ4v) is 2.83. The van der Waals surface area contributed by atoms with Gasteiger partial charge in [0.2, 0.25) is 5.91 Å². The van der Waals surface area contributed by atoms with E-state index >= 15 is 0 Å². The summed E-state index contributed by atoms with van der Waals surface area (Å²) in [5.74, 6) is 0.961. The largest absolute Gasteiger partial charge is 0.398 e. The third kappa shape index (κ3) is 3.93. The van der Waals surface area contributed by atoms with Crippen LogP contribution >= 0.6 is 23.3 Å². The Balaban J connectivity index is 1.88. The van der Waals surface area contributed by atoms with Crippen LogP contribution in [-0.4, -0.2) is 21.0 Å². The van der Waals surface area contributed by atoms with E-state index in [1.54, 1.807) is 6.07 Å². The van der Waals surface area contributed by atoms with Crippen LogP contribution in [-0.2, 0) is 4.79 Å². The maximum Gasteiger partial charge on any atom is 0.234 e. The van der Waals surface area contributed by atoms with Crippen LogP contribution in [0, 0.1) is 13.8 Å². The van der Waals surface area contributed by atoms with Gasteiger partial charge in [-0.3, -0.25) is 4.79 Å². The molecule has 1 aromatic heterocycles. The molecule has 2 rings (SSSR count). The summed E-state index contributed by atoms with van der Waals surface area (Å²) in [4.78, 5) is 16.0. The van der Waals surface area contributed by atoms with Gasteiger partial charge in [0.1, 0.15) is 5.82 Å². The van der Waals surface area contributed by atoms with Gasteiger partial charge in [-0.2, -0.15) is 4.37 Å². The maximum absolute atomic E-state index is 11.8. The highest BCUT2D eigenvalue weighted by Gasteiger charge is 2.07. The van der Waals surface area contributed by atoms with E-state index in [0.29, 0.717) is 17.1 Å². The van der Waals surface area contributed by atoms with Crippen molar-refractivity contribution in [3.8, 4) is 0 Å². The molecule has 0 spiro atoms. The van der Waals surface area contributed by atoms with Crippen molar-refractivity contribution in [3.05, 3.63) is 29.6 Å². The highest BCUT2D eigenvalue weighted by molar-refractivity contribution is 8.01. The van der Waals surface area contributed by atoms with E-state index in [0.717, 1.165) is 15.7 Å². The molecule has 1 heterocycles. The van der Waals surface area contributed by atoms with Gasteiger partial charge in [-0.15, -0.1) is 0 Å². The Morgan fingerprint density at radius 3 is 2.89 bits per heavy atom. The van der Waals surface area contributed by atoms with Gasteiger partial charge in [0.15, 0.2) is 4.34 Å². The summed E-state index contributed by atoms with van der Waals surface area (Å²) in [5.41, 5.74) is 8.17. The third-order valence-electron chi connectivity index (χ3n) is 2.40. The monoisotopic (exact) mass is 294 g/mol. The molecule has 0 unspecified atom stereocenters. The summed E-state index contributed by atoms with van der Waals surface area (Å²) in [6.45, 7) is 3.75. The summed E-state index contributed by atoms with van der Waals surface area (Å²) >= 11 is 2.68. The number of rotatable bonds is 4. The molecule has 100 valence electrons. The summed E-state index contributed by atoms with van der Waals surface area (Å²) in [5, 5.41) is 2.80. The second kappa shape index (κ2) is 6.03. The summed E-state index contributed by atoms with van der Waals surface area (Å²) in [7, 11) is 0. The lowest BCUT2D eigenvalue weighted by Crippen LogP contribution is -2.14. The Hall–Kier alpha value is -1.60. The molecule has 0 saturated heterocycles. The van der Waals surface area contributed by atoms with E-state index < -0.39 is 0 Å². The van der Waals surface area contributed by atoms with Crippen LogP contribution in [0.3, 0.4) is 0 Å². The second-order valence-electron chi connectivity index (χ2n) is 4.02. The van der Waals surface area contributed by atoms with Gasteiger partial charge in [0.05, 0.1) is 5.75 Å². The smallest absolute Gasteiger partial charge is 0.234 e. The first-order valence-electron chi connectivity index (χ1n) is 5.63. The molecule has 0 fully saturated rings. The molecular weight excluding hydrogens is 280 g/mol.